The summed E-state index contributed by atoms with van der Waals surface area (Å²) in [5.74, 6) is 1.28. The molecule has 0 radical (unpaired) electrons. The number of thiazole rings is 1. The van der Waals surface area contributed by atoms with Crippen molar-refractivity contribution in [3.05, 3.63) is 5.69 Å². The van der Waals surface area contributed by atoms with Crippen LogP contribution in [0.4, 0.5) is 5.13 Å². The van der Waals surface area contributed by atoms with E-state index in [2.05, 4.69) is 16.6 Å². The number of nitrogens with zero attached hydrogens (tertiary/aromatic N) is 1. The minimum absolute atomic E-state index is 0.247. The highest BCUT2D eigenvalue weighted by Crippen LogP contribution is 2.31. The molecule has 1 fully saturated rings. The van der Waals surface area contributed by atoms with Gasteiger partial charge in [0, 0.05) is 6.54 Å². The monoisotopic (exact) mass is 317 g/mol. The predicted molar refractivity (Wildman–Crippen MR) is 82.2 cm³/mol. The molecule has 7 heteroatoms. The SMILES string of the molecule is CCC1CCC(CNS(=O)(=O)c2sc(N)nc2C)CC1. The molecule has 5 nitrogen and oxygen atoms in total. The molecular weight excluding hydrogens is 294 g/mol. The fraction of sp³-hybridized carbons (Fsp3) is 0.769. The minimum atomic E-state index is -3.46. The molecule has 20 heavy (non-hydrogen) atoms. The Kier molecular flexibility index (Phi) is 5.04. The van der Waals surface area contributed by atoms with Gasteiger partial charge in [0.05, 0.1) is 5.69 Å². The number of aromatic nitrogens is 1. The van der Waals surface area contributed by atoms with E-state index < -0.39 is 10.0 Å². The van der Waals surface area contributed by atoms with Crippen LogP contribution in [0.1, 0.15) is 44.7 Å². The smallest absolute Gasteiger partial charge is 0.252 e. The van der Waals surface area contributed by atoms with Crippen LogP contribution in [0.2, 0.25) is 0 Å². The summed E-state index contributed by atoms with van der Waals surface area (Å²) < 4.78 is 27.4. The highest BCUT2D eigenvalue weighted by atomic mass is 32.2. The third-order valence-corrected chi connectivity index (χ3v) is 7.14. The fourth-order valence-electron chi connectivity index (χ4n) is 2.79. The molecule has 1 aromatic rings. The van der Waals surface area contributed by atoms with Crippen molar-refractivity contribution in [1.82, 2.24) is 9.71 Å². The highest BCUT2D eigenvalue weighted by molar-refractivity contribution is 7.91. The van der Waals surface area contributed by atoms with E-state index in [0.29, 0.717) is 23.3 Å². The molecule has 1 aromatic heterocycles. The van der Waals surface area contributed by atoms with Crippen LogP contribution in [0.3, 0.4) is 0 Å². The van der Waals surface area contributed by atoms with Crippen LogP contribution in [0.5, 0.6) is 0 Å². The van der Waals surface area contributed by atoms with Gasteiger partial charge in [0.15, 0.2) is 9.34 Å². The Balaban J connectivity index is 1.92. The third kappa shape index (κ3) is 3.71. The average molecular weight is 317 g/mol. The molecule has 1 saturated carbocycles. The van der Waals surface area contributed by atoms with E-state index in [1.54, 1.807) is 6.92 Å². The Hall–Kier alpha value is -0.660. The molecule has 2 rings (SSSR count). The van der Waals surface area contributed by atoms with Crippen molar-refractivity contribution in [1.29, 1.82) is 0 Å². The number of nitrogens with two attached hydrogens (primary N) is 1. The summed E-state index contributed by atoms with van der Waals surface area (Å²) in [5.41, 5.74) is 6.04. The number of nitrogen functional groups attached to an aromatic ring is 1. The van der Waals surface area contributed by atoms with Gasteiger partial charge in [0.2, 0.25) is 0 Å². The Labute approximate surface area is 125 Å². The van der Waals surface area contributed by atoms with Gasteiger partial charge in [0.25, 0.3) is 10.0 Å². The van der Waals surface area contributed by atoms with Gasteiger partial charge in [-0.15, -0.1) is 0 Å². The Morgan fingerprint density at radius 1 is 1.30 bits per heavy atom. The van der Waals surface area contributed by atoms with E-state index in [1.807, 2.05) is 0 Å². The van der Waals surface area contributed by atoms with Gasteiger partial charge in [0.1, 0.15) is 0 Å². The Morgan fingerprint density at radius 2 is 1.90 bits per heavy atom. The van der Waals surface area contributed by atoms with Crippen LogP contribution in [-0.4, -0.2) is 19.9 Å². The van der Waals surface area contributed by atoms with Crippen molar-refractivity contribution in [2.75, 3.05) is 12.3 Å². The first-order valence-electron chi connectivity index (χ1n) is 7.15. The molecule has 114 valence electrons. The van der Waals surface area contributed by atoms with Gasteiger partial charge in [-0.3, -0.25) is 0 Å². The van der Waals surface area contributed by atoms with Crippen LogP contribution in [0, 0.1) is 18.8 Å². The maximum atomic E-state index is 12.2. The van der Waals surface area contributed by atoms with E-state index >= 15 is 0 Å². The van der Waals surface area contributed by atoms with Gasteiger partial charge >= 0.3 is 0 Å². The zero-order chi connectivity index (χ0) is 14.8. The number of hydrogen-bond acceptors (Lipinski definition) is 5. The largest absolute Gasteiger partial charge is 0.375 e. The standard InChI is InChI=1S/C13H23N3O2S2/c1-3-10-4-6-11(7-5-10)8-15-20(17,18)12-9(2)16-13(14)19-12/h10-11,15H,3-8H2,1-2H3,(H2,14,16). The second kappa shape index (κ2) is 6.41. The lowest BCUT2D eigenvalue weighted by Gasteiger charge is -2.27. The van der Waals surface area contributed by atoms with Gasteiger partial charge in [-0.25, -0.2) is 18.1 Å². The predicted octanol–water partition coefficient (Wildman–Crippen LogP) is 2.53. The molecule has 0 bridgehead atoms. The molecular formula is C13H23N3O2S2. The summed E-state index contributed by atoms with van der Waals surface area (Å²) in [6.45, 7) is 4.43. The van der Waals surface area contributed by atoms with Crippen LogP contribution in [-0.2, 0) is 10.0 Å². The molecule has 1 aliphatic carbocycles. The molecule has 1 aliphatic rings. The summed E-state index contributed by atoms with van der Waals surface area (Å²) in [6, 6.07) is 0. The van der Waals surface area contributed by atoms with Crippen molar-refractivity contribution in [2.45, 2.75) is 50.2 Å². The first-order chi connectivity index (χ1) is 9.42. The summed E-state index contributed by atoms with van der Waals surface area (Å²) in [5, 5.41) is 0.298. The lowest BCUT2D eigenvalue weighted by Crippen LogP contribution is -2.31. The van der Waals surface area contributed by atoms with E-state index in [9.17, 15) is 8.42 Å². The Bertz CT molecular complexity index is 546. The number of anilines is 1. The summed E-state index contributed by atoms with van der Waals surface area (Å²) in [7, 11) is -3.46. The quantitative estimate of drug-likeness (QED) is 0.874. The molecule has 1 heterocycles. The summed E-state index contributed by atoms with van der Waals surface area (Å²) in [6.07, 6.45) is 5.90. The first kappa shape index (κ1) is 15.7. The van der Waals surface area contributed by atoms with Gasteiger partial charge in [-0.05, 0) is 31.6 Å². The van der Waals surface area contributed by atoms with Crippen molar-refractivity contribution in [2.24, 2.45) is 11.8 Å². The summed E-state index contributed by atoms with van der Waals surface area (Å²) >= 11 is 1.03. The fourth-order valence-corrected chi connectivity index (χ4v) is 5.25. The lowest BCUT2D eigenvalue weighted by molar-refractivity contribution is 0.270. The normalized spacial score (nSPS) is 23.9. The zero-order valence-corrected chi connectivity index (χ0v) is 13.7. The highest BCUT2D eigenvalue weighted by Gasteiger charge is 2.24. The van der Waals surface area contributed by atoms with Gasteiger partial charge in [-0.1, -0.05) is 37.5 Å². The summed E-state index contributed by atoms with van der Waals surface area (Å²) in [4.78, 5) is 3.97. The average Bonchev–Trinajstić information content (AvgIpc) is 2.77. The first-order valence-corrected chi connectivity index (χ1v) is 9.45. The van der Waals surface area contributed by atoms with Gasteiger partial charge < -0.3 is 5.73 Å². The second-order valence-corrected chi connectivity index (χ2v) is 8.56. The van der Waals surface area contributed by atoms with E-state index in [0.717, 1.165) is 30.1 Å². The van der Waals surface area contributed by atoms with Crippen LogP contribution in [0.15, 0.2) is 4.21 Å². The second-order valence-electron chi connectivity index (χ2n) is 5.57. The molecule has 0 amide bonds. The zero-order valence-electron chi connectivity index (χ0n) is 12.1. The van der Waals surface area contributed by atoms with Crippen molar-refractivity contribution in [3.63, 3.8) is 0 Å². The van der Waals surface area contributed by atoms with Crippen molar-refractivity contribution in [3.8, 4) is 0 Å². The van der Waals surface area contributed by atoms with E-state index in [4.69, 9.17) is 5.73 Å². The van der Waals surface area contributed by atoms with Crippen LogP contribution in [0.25, 0.3) is 0 Å². The molecule has 0 spiro atoms. The molecule has 0 unspecified atom stereocenters. The van der Waals surface area contributed by atoms with Crippen molar-refractivity contribution >= 4 is 26.5 Å². The third-order valence-electron chi connectivity index (χ3n) is 4.12. The van der Waals surface area contributed by atoms with Crippen molar-refractivity contribution < 1.29 is 8.42 Å². The number of nitrogens with one attached hydrogen (secondary N) is 1. The lowest BCUT2D eigenvalue weighted by atomic mass is 9.81. The number of sulfonamides is 1. The molecule has 0 aromatic carbocycles. The van der Waals surface area contributed by atoms with Crippen LogP contribution >= 0.6 is 11.3 Å². The van der Waals surface area contributed by atoms with Gasteiger partial charge in [-0.2, -0.15) is 0 Å². The number of aryl methyl sites for hydroxylation is 1. The molecule has 3 N–H and O–H groups in total. The number of hydrogen-bond donors (Lipinski definition) is 2. The maximum absolute atomic E-state index is 12.2. The van der Waals surface area contributed by atoms with E-state index in [1.165, 1.54) is 19.3 Å². The molecule has 0 aliphatic heterocycles. The number of rotatable bonds is 5. The topological polar surface area (TPSA) is 85.1 Å². The minimum Gasteiger partial charge on any atom is -0.375 e. The van der Waals surface area contributed by atoms with Crippen LogP contribution < -0.4 is 10.5 Å². The molecule has 0 atom stereocenters. The van der Waals surface area contributed by atoms with E-state index in [-0.39, 0.29) is 4.21 Å². The Morgan fingerprint density at radius 3 is 2.40 bits per heavy atom. The maximum Gasteiger partial charge on any atom is 0.252 e. The molecule has 0 saturated heterocycles.